The molecule has 1 aliphatic rings. The first kappa shape index (κ1) is 11.9. The Bertz CT molecular complexity index is 367. The van der Waals surface area contributed by atoms with E-state index in [1.54, 1.807) is 0 Å². The first-order valence-electron chi connectivity index (χ1n) is 5.83. The van der Waals surface area contributed by atoms with Crippen molar-refractivity contribution >= 4 is 11.6 Å². The second-order valence-corrected chi connectivity index (χ2v) is 5.03. The van der Waals surface area contributed by atoms with Gasteiger partial charge < -0.3 is 10.4 Å². The lowest BCUT2D eigenvalue weighted by molar-refractivity contribution is 0.263. The molecule has 0 bridgehead atoms. The molecule has 2 atom stereocenters. The van der Waals surface area contributed by atoms with Gasteiger partial charge in [0.1, 0.15) is 0 Å². The summed E-state index contributed by atoms with van der Waals surface area (Å²) in [6, 6.07) is 7.01. The summed E-state index contributed by atoms with van der Waals surface area (Å²) < 4.78 is 0. The van der Waals surface area contributed by atoms with Gasteiger partial charge in [-0.15, -0.1) is 0 Å². The number of hydrogen-bond acceptors (Lipinski definition) is 2. The van der Waals surface area contributed by atoms with Crippen molar-refractivity contribution in [2.45, 2.75) is 38.3 Å². The molecule has 16 heavy (non-hydrogen) atoms. The maximum Gasteiger partial charge on any atom is 0.0445 e. The highest BCUT2D eigenvalue weighted by Gasteiger charge is 2.22. The van der Waals surface area contributed by atoms with E-state index in [9.17, 15) is 0 Å². The monoisotopic (exact) mass is 239 g/mol. The number of benzene rings is 1. The van der Waals surface area contributed by atoms with Gasteiger partial charge in [-0.2, -0.15) is 0 Å². The fourth-order valence-electron chi connectivity index (χ4n) is 2.38. The Kier molecular flexibility index (Phi) is 3.85. The van der Waals surface area contributed by atoms with E-state index in [-0.39, 0.29) is 6.61 Å². The van der Waals surface area contributed by atoms with Crippen molar-refractivity contribution in [2.75, 3.05) is 6.61 Å². The zero-order valence-corrected chi connectivity index (χ0v) is 10.3. The van der Waals surface area contributed by atoms with Crippen LogP contribution in [0.15, 0.2) is 18.2 Å². The lowest BCUT2D eigenvalue weighted by Crippen LogP contribution is -2.37. The Labute approximate surface area is 102 Å². The summed E-state index contributed by atoms with van der Waals surface area (Å²) in [5.41, 5.74) is 2.76. The second kappa shape index (κ2) is 5.17. The standard InChI is InChI=1S/C13H18ClNO/c1-9(4-5-16)15-13-7-10-2-3-12(14)6-11(10)8-13/h2-3,6,9,13,15-16H,4-5,7-8H2,1H3. The maximum atomic E-state index is 8.86. The third-order valence-corrected chi connectivity index (χ3v) is 3.42. The number of halogens is 1. The van der Waals surface area contributed by atoms with E-state index >= 15 is 0 Å². The zero-order chi connectivity index (χ0) is 11.5. The van der Waals surface area contributed by atoms with E-state index in [0.717, 1.165) is 24.3 Å². The average molecular weight is 240 g/mol. The maximum absolute atomic E-state index is 8.86. The van der Waals surface area contributed by atoms with Gasteiger partial charge in [0, 0.05) is 23.7 Å². The molecule has 2 rings (SSSR count). The van der Waals surface area contributed by atoms with Crippen molar-refractivity contribution in [2.24, 2.45) is 0 Å². The summed E-state index contributed by atoms with van der Waals surface area (Å²) in [7, 11) is 0. The van der Waals surface area contributed by atoms with Gasteiger partial charge in [0.2, 0.25) is 0 Å². The van der Waals surface area contributed by atoms with Crippen LogP contribution in [-0.2, 0) is 12.8 Å². The molecule has 88 valence electrons. The highest BCUT2D eigenvalue weighted by molar-refractivity contribution is 6.30. The van der Waals surface area contributed by atoms with Crippen molar-refractivity contribution < 1.29 is 5.11 Å². The fraction of sp³-hybridized carbons (Fsp3) is 0.538. The molecular weight excluding hydrogens is 222 g/mol. The molecule has 0 aliphatic heterocycles. The van der Waals surface area contributed by atoms with Crippen molar-refractivity contribution in [3.8, 4) is 0 Å². The highest BCUT2D eigenvalue weighted by Crippen LogP contribution is 2.25. The van der Waals surface area contributed by atoms with E-state index in [2.05, 4.69) is 24.4 Å². The van der Waals surface area contributed by atoms with Crippen LogP contribution in [0.5, 0.6) is 0 Å². The van der Waals surface area contributed by atoms with Gasteiger partial charge >= 0.3 is 0 Å². The molecule has 0 heterocycles. The summed E-state index contributed by atoms with van der Waals surface area (Å²) in [4.78, 5) is 0. The van der Waals surface area contributed by atoms with Gasteiger partial charge in [0.05, 0.1) is 0 Å². The second-order valence-electron chi connectivity index (χ2n) is 4.60. The summed E-state index contributed by atoms with van der Waals surface area (Å²) in [6.07, 6.45) is 2.93. The lowest BCUT2D eigenvalue weighted by Gasteiger charge is -2.18. The molecule has 0 fully saturated rings. The van der Waals surface area contributed by atoms with E-state index in [0.29, 0.717) is 12.1 Å². The van der Waals surface area contributed by atoms with E-state index in [1.807, 2.05) is 6.07 Å². The van der Waals surface area contributed by atoms with Gasteiger partial charge in [-0.05, 0) is 49.4 Å². The molecular formula is C13H18ClNO. The highest BCUT2D eigenvalue weighted by atomic mass is 35.5. The number of hydrogen-bond donors (Lipinski definition) is 2. The van der Waals surface area contributed by atoms with E-state index in [1.165, 1.54) is 11.1 Å². The molecule has 0 aromatic heterocycles. The van der Waals surface area contributed by atoms with Gasteiger partial charge in [-0.1, -0.05) is 17.7 Å². The van der Waals surface area contributed by atoms with Crippen LogP contribution >= 0.6 is 11.6 Å². The van der Waals surface area contributed by atoms with Crippen molar-refractivity contribution in [1.29, 1.82) is 0 Å². The Morgan fingerprint density at radius 2 is 2.19 bits per heavy atom. The van der Waals surface area contributed by atoms with Crippen LogP contribution in [0.3, 0.4) is 0 Å². The van der Waals surface area contributed by atoms with Crippen LogP contribution in [0.2, 0.25) is 5.02 Å². The minimum Gasteiger partial charge on any atom is -0.396 e. The summed E-state index contributed by atoms with van der Waals surface area (Å²) in [6.45, 7) is 2.37. The van der Waals surface area contributed by atoms with Crippen LogP contribution < -0.4 is 5.32 Å². The Morgan fingerprint density at radius 1 is 1.44 bits per heavy atom. The van der Waals surface area contributed by atoms with Crippen molar-refractivity contribution in [1.82, 2.24) is 5.32 Å². The number of aliphatic hydroxyl groups excluding tert-OH is 1. The van der Waals surface area contributed by atoms with Gasteiger partial charge in [0.15, 0.2) is 0 Å². The fourth-order valence-corrected chi connectivity index (χ4v) is 2.58. The molecule has 1 aliphatic carbocycles. The summed E-state index contributed by atoms with van der Waals surface area (Å²) in [5, 5.41) is 13.2. The SMILES string of the molecule is CC(CCO)NC1Cc2ccc(Cl)cc2C1. The number of aliphatic hydroxyl groups is 1. The molecule has 0 spiro atoms. The molecule has 2 nitrogen and oxygen atoms in total. The van der Waals surface area contributed by atoms with Crippen LogP contribution in [0, 0.1) is 0 Å². The quantitative estimate of drug-likeness (QED) is 0.844. The molecule has 0 saturated carbocycles. The van der Waals surface area contributed by atoms with Gasteiger partial charge in [-0.3, -0.25) is 0 Å². The molecule has 2 N–H and O–H groups in total. The smallest absolute Gasteiger partial charge is 0.0445 e. The predicted molar refractivity (Wildman–Crippen MR) is 66.9 cm³/mol. The minimum atomic E-state index is 0.250. The molecule has 0 saturated heterocycles. The van der Waals surface area contributed by atoms with Gasteiger partial charge in [0.25, 0.3) is 0 Å². The third kappa shape index (κ3) is 2.76. The lowest BCUT2D eigenvalue weighted by atomic mass is 10.1. The van der Waals surface area contributed by atoms with Crippen LogP contribution in [0.1, 0.15) is 24.5 Å². The average Bonchev–Trinajstić information content (AvgIpc) is 2.59. The van der Waals surface area contributed by atoms with E-state index in [4.69, 9.17) is 16.7 Å². The molecule has 2 unspecified atom stereocenters. The Morgan fingerprint density at radius 3 is 2.94 bits per heavy atom. The largest absolute Gasteiger partial charge is 0.396 e. The number of rotatable bonds is 4. The predicted octanol–water partition coefficient (Wildman–Crippen LogP) is 2.17. The first-order chi connectivity index (χ1) is 7.69. The third-order valence-electron chi connectivity index (χ3n) is 3.18. The van der Waals surface area contributed by atoms with Crippen molar-refractivity contribution in [3.05, 3.63) is 34.3 Å². The normalized spacial score (nSPS) is 20.8. The molecule has 3 heteroatoms. The number of fused-ring (bicyclic) bond motifs is 1. The molecule has 1 aromatic rings. The molecule has 1 aromatic carbocycles. The first-order valence-corrected chi connectivity index (χ1v) is 6.21. The molecule has 0 radical (unpaired) electrons. The minimum absolute atomic E-state index is 0.250. The van der Waals surface area contributed by atoms with Crippen molar-refractivity contribution in [3.63, 3.8) is 0 Å². The van der Waals surface area contributed by atoms with Crippen LogP contribution in [0.25, 0.3) is 0 Å². The summed E-state index contributed by atoms with van der Waals surface area (Å²) in [5.74, 6) is 0. The number of nitrogens with one attached hydrogen (secondary N) is 1. The Hall–Kier alpha value is -0.570. The summed E-state index contributed by atoms with van der Waals surface area (Å²) >= 11 is 5.97. The van der Waals surface area contributed by atoms with Crippen LogP contribution in [0.4, 0.5) is 0 Å². The zero-order valence-electron chi connectivity index (χ0n) is 9.54. The van der Waals surface area contributed by atoms with E-state index < -0.39 is 0 Å². The molecule has 0 amide bonds. The van der Waals surface area contributed by atoms with Crippen LogP contribution in [-0.4, -0.2) is 23.8 Å². The van der Waals surface area contributed by atoms with Gasteiger partial charge in [-0.25, -0.2) is 0 Å². The Balaban J connectivity index is 1.95. The topological polar surface area (TPSA) is 32.3 Å².